The van der Waals surface area contributed by atoms with E-state index in [1.807, 2.05) is 0 Å². The first-order chi connectivity index (χ1) is 3.30. The van der Waals surface area contributed by atoms with E-state index in [9.17, 15) is 0 Å². The number of aliphatic hydroxyl groups is 1. The number of halogens is 1. The molecule has 0 aromatic rings. The molecule has 1 aliphatic carbocycles. The molecule has 0 spiro atoms. The van der Waals surface area contributed by atoms with Crippen LogP contribution in [0.1, 0.15) is 19.3 Å². The van der Waals surface area contributed by atoms with Crippen LogP contribution in [-0.2, 0) is 0 Å². The molecule has 0 bridgehead atoms. The van der Waals surface area contributed by atoms with Gasteiger partial charge in [0.2, 0.25) is 0 Å². The highest BCUT2D eigenvalue weighted by atomic mass is 35.5. The molecule has 7 heavy (non-hydrogen) atoms. The highest BCUT2D eigenvalue weighted by molar-refractivity contribution is 6.21. The molecule has 0 heterocycles. The van der Waals surface area contributed by atoms with Crippen LogP contribution in [0.15, 0.2) is 0 Å². The zero-order valence-corrected chi connectivity index (χ0v) is 4.86. The van der Waals surface area contributed by atoms with Crippen molar-refractivity contribution in [3.63, 3.8) is 0 Å². The number of hydrogen-bond donors (Lipinski definition) is 1. The van der Waals surface area contributed by atoms with Gasteiger partial charge in [0, 0.05) is 0 Å². The molecule has 1 N–H and O–H groups in total. The van der Waals surface area contributed by atoms with E-state index in [2.05, 4.69) is 0 Å². The van der Waals surface area contributed by atoms with Gasteiger partial charge in [0.15, 0.2) is 0 Å². The zero-order valence-electron chi connectivity index (χ0n) is 4.10. The smallest absolute Gasteiger partial charge is 0.0703 e. The molecule has 2 atom stereocenters. The lowest BCUT2D eigenvalue weighted by Crippen LogP contribution is -2.11. The van der Waals surface area contributed by atoms with Crippen LogP contribution in [0.3, 0.4) is 0 Å². The third-order valence-corrected chi connectivity index (χ3v) is 1.91. The standard InChI is InChI=1S/C5H9ClO/c6-4-2-1-3-5(4)7/h4-5,7H,1-3H2/t4-,5+/m1/s1. The van der Waals surface area contributed by atoms with Gasteiger partial charge in [-0.25, -0.2) is 0 Å². The Morgan fingerprint density at radius 2 is 2.14 bits per heavy atom. The number of rotatable bonds is 0. The van der Waals surface area contributed by atoms with E-state index < -0.39 is 0 Å². The third-order valence-electron chi connectivity index (χ3n) is 1.40. The number of aliphatic hydroxyl groups excluding tert-OH is 1. The normalized spacial score (nSPS) is 42.0. The van der Waals surface area contributed by atoms with E-state index in [1.54, 1.807) is 0 Å². The van der Waals surface area contributed by atoms with Crippen molar-refractivity contribution in [2.24, 2.45) is 0 Å². The van der Waals surface area contributed by atoms with Crippen LogP contribution in [0.4, 0.5) is 0 Å². The molecule has 1 aliphatic rings. The summed E-state index contributed by atoms with van der Waals surface area (Å²) in [7, 11) is 0. The Morgan fingerprint density at radius 1 is 1.43 bits per heavy atom. The monoisotopic (exact) mass is 120 g/mol. The molecule has 1 saturated carbocycles. The summed E-state index contributed by atoms with van der Waals surface area (Å²) in [5.74, 6) is 0. The first kappa shape index (κ1) is 5.39. The lowest BCUT2D eigenvalue weighted by Gasteiger charge is -2.01. The maximum Gasteiger partial charge on any atom is 0.0703 e. The quantitative estimate of drug-likeness (QED) is 0.476. The van der Waals surface area contributed by atoms with Gasteiger partial charge in [0.05, 0.1) is 11.5 Å². The fraction of sp³-hybridized carbons (Fsp3) is 1.00. The molecule has 1 fully saturated rings. The maximum atomic E-state index is 8.87. The number of hydrogen-bond acceptors (Lipinski definition) is 1. The number of alkyl halides is 1. The van der Waals surface area contributed by atoms with Crippen LogP contribution in [0.2, 0.25) is 0 Å². The average molecular weight is 121 g/mol. The Balaban J connectivity index is 2.33. The van der Waals surface area contributed by atoms with Gasteiger partial charge in [-0.1, -0.05) is 0 Å². The molecular weight excluding hydrogens is 112 g/mol. The highest BCUT2D eigenvalue weighted by Crippen LogP contribution is 2.23. The SMILES string of the molecule is O[C@H]1CCC[C@H]1Cl. The van der Waals surface area contributed by atoms with Crippen LogP contribution >= 0.6 is 11.6 Å². The van der Waals surface area contributed by atoms with Crippen LogP contribution in [0.5, 0.6) is 0 Å². The van der Waals surface area contributed by atoms with E-state index in [-0.39, 0.29) is 11.5 Å². The molecule has 0 radical (unpaired) electrons. The second-order valence-electron chi connectivity index (χ2n) is 2.01. The predicted molar refractivity (Wildman–Crippen MR) is 29.5 cm³/mol. The molecule has 0 aliphatic heterocycles. The Hall–Kier alpha value is 0.250. The van der Waals surface area contributed by atoms with E-state index in [0.717, 1.165) is 19.3 Å². The lowest BCUT2D eigenvalue weighted by molar-refractivity contribution is 0.186. The first-order valence-electron chi connectivity index (χ1n) is 2.63. The van der Waals surface area contributed by atoms with Gasteiger partial charge < -0.3 is 5.11 Å². The van der Waals surface area contributed by atoms with E-state index >= 15 is 0 Å². The van der Waals surface area contributed by atoms with Gasteiger partial charge in [-0.15, -0.1) is 11.6 Å². The Labute approximate surface area is 48.3 Å². The second kappa shape index (κ2) is 2.01. The summed E-state index contributed by atoms with van der Waals surface area (Å²) in [5, 5.41) is 8.91. The second-order valence-corrected chi connectivity index (χ2v) is 2.57. The molecule has 2 heteroatoms. The van der Waals surface area contributed by atoms with Crippen LogP contribution in [0, 0.1) is 0 Å². The van der Waals surface area contributed by atoms with Crippen molar-refractivity contribution in [1.29, 1.82) is 0 Å². The molecule has 0 unspecified atom stereocenters. The molecule has 1 rings (SSSR count). The molecular formula is C5H9ClO. The predicted octanol–water partition coefficient (Wildman–Crippen LogP) is 1.14. The summed E-state index contributed by atoms with van der Waals surface area (Å²) >= 11 is 5.61. The Morgan fingerprint density at radius 3 is 2.29 bits per heavy atom. The highest BCUT2D eigenvalue weighted by Gasteiger charge is 2.21. The fourth-order valence-corrected chi connectivity index (χ4v) is 1.18. The molecule has 0 amide bonds. The minimum absolute atomic E-state index is 0.0417. The van der Waals surface area contributed by atoms with Crippen molar-refractivity contribution in [2.45, 2.75) is 30.7 Å². The molecule has 0 aromatic heterocycles. The van der Waals surface area contributed by atoms with E-state index in [4.69, 9.17) is 16.7 Å². The van der Waals surface area contributed by atoms with E-state index in [1.165, 1.54) is 0 Å². The minimum Gasteiger partial charge on any atom is -0.392 e. The summed E-state index contributed by atoms with van der Waals surface area (Å²) in [4.78, 5) is 0. The van der Waals surface area contributed by atoms with Gasteiger partial charge in [0.1, 0.15) is 0 Å². The average Bonchev–Trinajstić information content (AvgIpc) is 1.91. The fourth-order valence-electron chi connectivity index (χ4n) is 0.895. The van der Waals surface area contributed by atoms with Crippen molar-refractivity contribution in [3.05, 3.63) is 0 Å². The van der Waals surface area contributed by atoms with Crippen molar-refractivity contribution in [2.75, 3.05) is 0 Å². The van der Waals surface area contributed by atoms with Crippen LogP contribution in [-0.4, -0.2) is 16.6 Å². The molecule has 0 saturated heterocycles. The summed E-state index contributed by atoms with van der Waals surface area (Å²) in [6, 6.07) is 0. The summed E-state index contributed by atoms with van der Waals surface area (Å²) in [6.45, 7) is 0. The van der Waals surface area contributed by atoms with Crippen molar-refractivity contribution >= 4 is 11.6 Å². The van der Waals surface area contributed by atoms with Gasteiger partial charge in [-0.05, 0) is 19.3 Å². The van der Waals surface area contributed by atoms with Gasteiger partial charge in [-0.2, -0.15) is 0 Å². The van der Waals surface area contributed by atoms with Gasteiger partial charge in [-0.3, -0.25) is 0 Å². The Bertz CT molecular complexity index is 57.1. The third kappa shape index (κ3) is 1.07. The minimum atomic E-state index is -0.221. The molecule has 0 aromatic carbocycles. The first-order valence-corrected chi connectivity index (χ1v) is 3.06. The van der Waals surface area contributed by atoms with Crippen molar-refractivity contribution < 1.29 is 5.11 Å². The van der Waals surface area contributed by atoms with Crippen LogP contribution in [0.25, 0.3) is 0 Å². The lowest BCUT2D eigenvalue weighted by atomic mass is 10.3. The topological polar surface area (TPSA) is 20.2 Å². The van der Waals surface area contributed by atoms with Gasteiger partial charge in [0.25, 0.3) is 0 Å². The molecule has 1 nitrogen and oxygen atoms in total. The van der Waals surface area contributed by atoms with E-state index in [0.29, 0.717) is 0 Å². The maximum absolute atomic E-state index is 8.87. The zero-order chi connectivity index (χ0) is 5.28. The summed E-state index contributed by atoms with van der Waals surface area (Å²) < 4.78 is 0. The Kier molecular flexibility index (Phi) is 1.55. The summed E-state index contributed by atoms with van der Waals surface area (Å²) in [5.41, 5.74) is 0. The molecule has 42 valence electrons. The van der Waals surface area contributed by atoms with Crippen molar-refractivity contribution in [3.8, 4) is 0 Å². The van der Waals surface area contributed by atoms with Gasteiger partial charge >= 0.3 is 0 Å². The largest absolute Gasteiger partial charge is 0.392 e. The van der Waals surface area contributed by atoms with Crippen LogP contribution < -0.4 is 0 Å². The van der Waals surface area contributed by atoms with Crippen molar-refractivity contribution in [1.82, 2.24) is 0 Å². The summed E-state index contributed by atoms with van der Waals surface area (Å²) in [6.07, 6.45) is 2.76.